The monoisotopic (exact) mass is 534 g/mol. The maximum absolute atomic E-state index is 12.7. The number of rotatable bonds is 8. The van der Waals surface area contributed by atoms with Gasteiger partial charge in [-0.05, 0) is 67.4 Å². The van der Waals surface area contributed by atoms with Crippen LogP contribution in [0.4, 0.5) is 11.4 Å². The van der Waals surface area contributed by atoms with Gasteiger partial charge in [-0.2, -0.15) is 0 Å². The third-order valence-corrected chi connectivity index (χ3v) is 7.06. The highest BCUT2D eigenvalue weighted by Gasteiger charge is 2.22. The van der Waals surface area contributed by atoms with Gasteiger partial charge in [-0.1, -0.05) is 41.4 Å². The van der Waals surface area contributed by atoms with E-state index in [0.717, 1.165) is 10.6 Å². The quantitative estimate of drug-likeness (QED) is 0.374. The van der Waals surface area contributed by atoms with E-state index in [4.69, 9.17) is 27.9 Å². The van der Waals surface area contributed by atoms with Crippen LogP contribution in [0, 0.1) is 6.92 Å². The first-order valence-corrected chi connectivity index (χ1v) is 13.2. The minimum absolute atomic E-state index is 0.00915. The lowest BCUT2D eigenvalue weighted by molar-refractivity contribution is 0.0526. The van der Waals surface area contributed by atoms with Gasteiger partial charge < -0.3 is 10.1 Å². The smallest absolute Gasteiger partial charge is 0.338 e. The van der Waals surface area contributed by atoms with Gasteiger partial charge in [0.1, 0.15) is 0 Å². The molecular formula is C25H24Cl2N2O5S. The van der Waals surface area contributed by atoms with Crippen molar-refractivity contribution >= 4 is 56.5 Å². The number of anilines is 2. The molecule has 3 rings (SSSR count). The van der Waals surface area contributed by atoms with Crippen molar-refractivity contribution in [1.29, 1.82) is 0 Å². The number of hydrogen-bond acceptors (Lipinski definition) is 5. The van der Waals surface area contributed by atoms with Crippen molar-refractivity contribution in [1.82, 2.24) is 0 Å². The molecule has 1 N–H and O–H groups in total. The van der Waals surface area contributed by atoms with Gasteiger partial charge in [0.15, 0.2) is 0 Å². The summed E-state index contributed by atoms with van der Waals surface area (Å²) in [5, 5.41) is 3.20. The molecule has 3 aromatic rings. The van der Waals surface area contributed by atoms with E-state index in [1.165, 1.54) is 0 Å². The fraction of sp³-hybridized carbons (Fsp3) is 0.200. The second-order valence-electron chi connectivity index (χ2n) is 7.74. The molecule has 0 aliphatic rings. The van der Waals surface area contributed by atoms with E-state index < -0.39 is 16.0 Å². The van der Waals surface area contributed by atoms with Crippen LogP contribution < -0.4 is 9.62 Å². The van der Waals surface area contributed by atoms with Gasteiger partial charge in [0.2, 0.25) is 10.0 Å². The van der Waals surface area contributed by atoms with Crippen LogP contribution in [-0.2, 0) is 21.3 Å². The second kappa shape index (κ2) is 11.1. The minimum Gasteiger partial charge on any atom is -0.462 e. The molecule has 0 unspecified atom stereocenters. The van der Waals surface area contributed by atoms with E-state index in [9.17, 15) is 18.0 Å². The molecule has 35 heavy (non-hydrogen) atoms. The SMILES string of the molecule is CCOC(=O)c1ccc(NC(=O)c2ccc(CN(c3cccc(Cl)c3Cl)S(C)(=O)=O)cc2)c(C)c1. The highest BCUT2D eigenvalue weighted by atomic mass is 35.5. The first kappa shape index (κ1) is 26.5. The van der Waals surface area contributed by atoms with Crippen molar-refractivity contribution in [3.05, 3.63) is 93.0 Å². The summed E-state index contributed by atoms with van der Waals surface area (Å²) >= 11 is 12.3. The summed E-state index contributed by atoms with van der Waals surface area (Å²) in [7, 11) is -3.66. The average Bonchev–Trinajstić information content (AvgIpc) is 2.80. The summed E-state index contributed by atoms with van der Waals surface area (Å²) in [4.78, 5) is 24.6. The minimum atomic E-state index is -3.66. The molecule has 0 heterocycles. The number of amides is 1. The fourth-order valence-corrected chi connectivity index (χ4v) is 4.67. The van der Waals surface area contributed by atoms with Crippen LogP contribution in [0.3, 0.4) is 0 Å². The van der Waals surface area contributed by atoms with Crippen LogP contribution in [0.25, 0.3) is 0 Å². The Morgan fingerprint density at radius 3 is 2.26 bits per heavy atom. The van der Waals surface area contributed by atoms with E-state index >= 15 is 0 Å². The molecule has 3 aromatic carbocycles. The summed E-state index contributed by atoms with van der Waals surface area (Å²) in [5.74, 6) is -0.771. The average molecular weight is 535 g/mol. The third-order valence-electron chi connectivity index (χ3n) is 5.13. The number of nitrogens with zero attached hydrogens (tertiary/aromatic N) is 1. The molecule has 0 aromatic heterocycles. The van der Waals surface area contributed by atoms with Crippen LogP contribution in [0.15, 0.2) is 60.7 Å². The molecule has 10 heteroatoms. The van der Waals surface area contributed by atoms with E-state index in [2.05, 4.69) is 5.32 Å². The Labute approximate surface area is 214 Å². The Hall–Kier alpha value is -3.07. The molecule has 0 saturated heterocycles. The summed E-state index contributed by atoms with van der Waals surface area (Å²) in [6, 6.07) is 16.2. The lowest BCUT2D eigenvalue weighted by Crippen LogP contribution is -2.29. The van der Waals surface area contributed by atoms with Gasteiger partial charge >= 0.3 is 5.97 Å². The molecule has 0 aliphatic heterocycles. The number of carbonyl (C=O) groups excluding carboxylic acids is 2. The predicted octanol–water partition coefficient (Wildman–Crippen LogP) is 5.70. The van der Waals surface area contributed by atoms with Crippen molar-refractivity contribution in [2.45, 2.75) is 20.4 Å². The number of halogens is 2. The molecule has 1 amide bonds. The van der Waals surface area contributed by atoms with Gasteiger partial charge in [-0.3, -0.25) is 9.10 Å². The Morgan fingerprint density at radius 2 is 1.66 bits per heavy atom. The highest BCUT2D eigenvalue weighted by Crippen LogP contribution is 2.34. The molecule has 7 nitrogen and oxygen atoms in total. The standard InChI is InChI=1S/C25H24Cl2N2O5S/c1-4-34-25(31)19-12-13-21(16(2)14-19)28-24(30)18-10-8-17(9-11-18)15-29(35(3,32)33)22-7-5-6-20(26)23(22)27/h5-14H,4,15H2,1-3H3,(H,28,30). The predicted molar refractivity (Wildman–Crippen MR) is 139 cm³/mol. The van der Waals surface area contributed by atoms with Crippen molar-refractivity contribution in [3.63, 3.8) is 0 Å². The van der Waals surface area contributed by atoms with Crippen LogP contribution in [0.5, 0.6) is 0 Å². The highest BCUT2D eigenvalue weighted by molar-refractivity contribution is 7.92. The van der Waals surface area contributed by atoms with Crippen LogP contribution in [0.1, 0.15) is 38.8 Å². The molecular weight excluding hydrogens is 511 g/mol. The Balaban J connectivity index is 1.76. The van der Waals surface area contributed by atoms with Gasteiger partial charge in [-0.25, -0.2) is 13.2 Å². The Bertz CT molecular complexity index is 1360. The summed E-state index contributed by atoms with van der Waals surface area (Å²) in [5.41, 5.74) is 2.98. The first-order chi connectivity index (χ1) is 16.5. The molecule has 0 spiro atoms. The topological polar surface area (TPSA) is 92.8 Å². The Morgan fingerprint density at radius 1 is 1.00 bits per heavy atom. The molecule has 184 valence electrons. The van der Waals surface area contributed by atoms with Gasteiger partial charge in [0, 0.05) is 11.3 Å². The normalized spacial score (nSPS) is 11.1. The van der Waals surface area contributed by atoms with E-state index in [1.54, 1.807) is 74.5 Å². The van der Waals surface area contributed by atoms with Crippen molar-refractivity contribution in [3.8, 4) is 0 Å². The number of hydrogen-bond donors (Lipinski definition) is 1. The lowest BCUT2D eigenvalue weighted by atomic mass is 10.1. The number of nitrogens with one attached hydrogen (secondary N) is 1. The lowest BCUT2D eigenvalue weighted by Gasteiger charge is -2.24. The number of sulfonamides is 1. The number of aryl methyl sites for hydroxylation is 1. The van der Waals surface area contributed by atoms with Crippen molar-refractivity contribution < 1.29 is 22.7 Å². The Kier molecular flexibility index (Phi) is 8.43. The molecule has 0 bridgehead atoms. The van der Waals surface area contributed by atoms with Crippen molar-refractivity contribution in [2.24, 2.45) is 0 Å². The zero-order valence-electron chi connectivity index (χ0n) is 19.3. The van der Waals surface area contributed by atoms with Crippen molar-refractivity contribution in [2.75, 3.05) is 22.5 Å². The summed E-state index contributed by atoms with van der Waals surface area (Å²) < 4.78 is 31.0. The number of benzene rings is 3. The maximum atomic E-state index is 12.7. The molecule has 0 aliphatic carbocycles. The molecule has 0 radical (unpaired) electrons. The largest absolute Gasteiger partial charge is 0.462 e. The van der Waals surface area contributed by atoms with Gasteiger partial charge in [-0.15, -0.1) is 0 Å². The second-order valence-corrected chi connectivity index (χ2v) is 10.4. The summed E-state index contributed by atoms with van der Waals surface area (Å²) in [6.07, 6.45) is 1.08. The molecule has 0 fully saturated rings. The number of carbonyl (C=O) groups is 2. The van der Waals surface area contributed by atoms with Gasteiger partial charge in [0.05, 0.1) is 40.7 Å². The fourth-order valence-electron chi connectivity index (χ4n) is 3.33. The summed E-state index contributed by atoms with van der Waals surface area (Å²) in [6.45, 7) is 3.80. The maximum Gasteiger partial charge on any atom is 0.338 e. The number of ether oxygens (including phenoxy) is 1. The van der Waals surface area contributed by atoms with Crippen LogP contribution in [-0.4, -0.2) is 33.2 Å². The molecule has 0 atom stereocenters. The zero-order chi connectivity index (χ0) is 25.8. The van der Waals surface area contributed by atoms with Gasteiger partial charge in [0.25, 0.3) is 5.91 Å². The van der Waals surface area contributed by atoms with E-state index in [1.807, 2.05) is 0 Å². The van der Waals surface area contributed by atoms with E-state index in [0.29, 0.717) is 27.9 Å². The number of esters is 1. The zero-order valence-corrected chi connectivity index (χ0v) is 21.7. The first-order valence-electron chi connectivity index (χ1n) is 10.6. The third kappa shape index (κ3) is 6.54. The molecule has 0 saturated carbocycles. The van der Waals surface area contributed by atoms with E-state index in [-0.39, 0.29) is 34.8 Å². The van der Waals surface area contributed by atoms with Crippen LogP contribution >= 0.6 is 23.2 Å². The van der Waals surface area contributed by atoms with Crippen LogP contribution in [0.2, 0.25) is 10.0 Å².